The smallest absolute Gasteiger partial charge is 0.251 e. The lowest BCUT2D eigenvalue weighted by Gasteiger charge is -2.15. The number of amides is 1. The van der Waals surface area contributed by atoms with Crippen LogP contribution in [0.25, 0.3) is 0 Å². The second-order valence-electron chi connectivity index (χ2n) is 4.73. The predicted molar refractivity (Wildman–Crippen MR) is 89.4 cm³/mol. The number of carbonyl (C=O) groups excluding carboxylic acids is 1. The first-order valence-corrected chi connectivity index (χ1v) is 8.39. The van der Waals surface area contributed by atoms with Crippen molar-refractivity contribution in [3.63, 3.8) is 0 Å². The van der Waals surface area contributed by atoms with Crippen LogP contribution in [-0.4, -0.2) is 30.0 Å². The molecular formula is C14H14IN3OS. The minimum absolute atomic E-state index is 0.00880. The molecule has 1 saturated heterocycles. The minimum atomic E-state index is 0.00880. The van der Waals surface area contributed by atoms with Gasteiger partial charge in [0.25, 0.3) is 5.91 Å². The lowest BCUT2D eigenvalue weighted by Crippen LogP contribution is -2.37. The molecule has 0 saturated carbocycles. The summed E-state index contributed by atoms with van der Waals surface area (Å²) in [6, 6.07) is 7.85. The normalized spacial score (nSPS) is 18.2. The summed E-state index contributed by atoms with van der Waals surface area (Å²) in [4.78, 5) is 18.7. The largest absolute Gasteiger partial charge is 0.347 e. The van der Waals surface area contributed by atoms with Crippen molar-refractivity contribution >= 4 is 45.0 Å². The van der Waals surface area contributed by atoms with Crippen LogP contribution >= 0.6 is 33.9 Å². The third kappa shape index (κ3) is 3.12. The maximum absolute atomic E-state index is 12.2. The van der Waals surface area contributed by atoms with Gasteiger partial charge in [0, 0.05) is 39.8 Å². The maximum Gasteiger partial charge on any atom is 0.251 e. The molecule has 1 aromatic heterocycles. The summed E-state index contributed by atoms with van der Waals surface area (Å²) < 4.78 is 1.08. The molecule has 3 rings (SSSR count). The Hall–Kier alpha value is -1.15. The van der Waals surface area contributed by atoms with E-state index >= 15 is 0 Å². The Morgan fingerprint density at radius 1 is 1.50 bits per heavy atom. The molecule has 20 heavy (non-hydrogen) atoms. The van der Waals surface area contributed by atoms with E-state index in [2.05, 4.69) is 37.8 Å². The summed E-state index contributed by atoms with van der Waals surface area (Å²) in [6.45, 7) is 1.79. The van der Waals surface area contributed by atoms with Gasteiger partial charge in [-0.25, -0.2) is 4.98 Å². The number of anilines is 1. The van der Waals surface area contributed by atoms with Crippen molar-refractivity contribution in [1.82, 2.24) is 10.3 Å². The van der Waals surface area contributed by atoms with E-state index < -0.39 is 0 Å². The van der Waals surface area contributed by atoms with Gasteiger partial charge in [0.2, 0.25) is 0 Å². The number of benzene rings is 1. The number of hydrogen-bond donors (Lipinski definition) is 1. The van der Waals surface area contributed by atoms with E-state index in [0.717, 1.165) is 33.8 Å². The van der Waals surface area contributed by atoms with Crippen LogP contribution in [0, 0.1) is 3.57 Å². The molecule has 1 amide bonds. The van der Waals surface area contributed by atoms with Crippen LogP contribution in [0.5, 0.6) is 0 Å². The summed E-state index contributed by atoms with van der Waals surface area (Å²) in [7, 11) is 0. The average Bonchev–Trinajstić information content (AvgIpc) is 3.08. The molecule has 6 heteroatoms. The predicted octanol–water partition coefficient (Wildman–Crippen LogP) is 2.76. The fraction of sp³-hybridized carbons (Fsp3) is 0.286. The number of nitrogens with one attached hydrogen (secondary N) is 1. The van der Waals surface area contributed by atoms with Gasteiger partial charge in [-0.3, -0.25) is 4.79 Å². The van der Waals surface area contributed by atoms with Crippen LogP contribution in [0.4, 0.5) is 5.13 Å². The van der Waals surface area contributed by atoms with Crippen LogP contribution in [-0.2, 0) is 0 Å². The third-order valence-corrected chi connectivity index (χ3v) is 4.80. The summed E-state index contributed by atoms with van der Waals surface area (Å²) in [5.74, 6) is 0.00880. The number of hydrogen-bond acceptors (Lipinski definition) is 4. The topological polar surface area (TPSA) is 45.2 Å². The summed E-state index contributed by atoms with van der Waals surface area (Å²) >= 11 is 3.86. The second-order valence-corrected chi connectivity index (χ2v) is 6.85. The molecule has 1 aliphatic heterocycles. The molecule has 104 valence electrons. The van der Waals surface area contributed by atoms with Gasteiger partial charge < -0.3 is 10.2 Å². The van der Waals surface area contributed by atoms with Crippen LogP contribution in [0.15, 0.2) is 35.8 Å². The zero-order valence-electron chi connectivity index (χ0n) is 10.8. The van der Waals surface area contributed by atoms with E-state index in [4.69, 9.17) is 0 Å². The van der Waals surface area contributed by atoms with Gasteiger partial charge in [-0.15, -0.1) is 11.3 Å². The van der Waals surface area contributed by atoms with Crippen molar-refractivity contribution in [2.75, 3.05) is 18.0 Å². The molecule has 1 fully saturated rings. The molecule has 1 aromatic carbocycles. The fourth-order valence-electron chi connectivity index (χ4n) is 2.32. The average molecular weight is 399 g/mol. The number of carbonyl (C=O) groups is 1. The first kappa shape index (κ1) is 13.8. The molecule has 1 atom stereocenters. The highest BCUT2D eigenvalue weighted by Gasteiger charge is 2.25. The van der Waals surface area contributed by atoms with Crippen LogP contribution < -0.4 is 10.2 Å². The van der Waals surface area contributed by atoms with E-state index in [0.29, 0.717) is 0 Å². The number of aromatic nitrogens is 1. The quantitative estimate of drug-likeness (QED) is 0.808. The number of thiazole rings is 1. The Morgan fingerprint density at radius 2 is 2.40 bits per heavy atom. The standard InChI is InChI=1S/C14H14IN3OS/c15-11-3-1-2-10(8-11)13(19)17-12-4-6-18(9-12)14-16-5-7-20-14/h1-3,5,7-8,12H,4,6,9H2,(H,17,19). The third-order valence-electron chi connectivity index (χ3n) is 3.30. The van der Waals surface area contributed by atoms with E-state index in [1.54, 1.807) is 11.3 Å². The molecule has 2 heterocycles. The van der Waals surface area contributed by atoms with Gasteiger partial charge in [0.15, 0.2) is 5.13 Å². The Morgan fingerprint density at radius 3 is 3.15 bits per heavy atom. The maximum atomic E-state index is 12.2. The van der Waals surface area contributed by atoms with Gasteiger partial charge in [-0.2, -0.15) is 0 Å². The molecule has 1 N–H and O–H groups in total. The molecule has 2 aromatic rings. The van der Waals surface area contributed by atoms with Gasteiger partial charge in [0.05, 0.1) is 0 Å². The van der Waals surface area contributed by atoms with Gasteiger partial charge in [0.1, 0.15) is 0 Å². The second kappa shape index (κ2) is 6.09. The highest BCUT2D eigenvalue weighted by Crippen LogP contribution is 2.22. The van der Waals surface area contributed by atoms with Gasteiger partial charge >= 0.3 is 0 Å². The monoisotopic (exact) mass is 399 g/mol. The molecule has 1 aliphatic rings. The van der Waals surface area contributed by atoms with Crippen molar-refractivity contribution in [2.45, 2.75) is 12.5 Å². The van der Waals surface area contributed by atoms with Crippen molar-refractivity contribution in [3.05, 3.63) is 45.0 Å². The van der Waals surface area contributed by atoms with Crippen LogP contribution in [0.2, 0.25) is 0 Å². The number of rotatable bonds is 3. The molecule has 4 nitrogen and oxygen atoms in total. The molecule has 0 radical (unpaired) electrons. The van der Waals surface area contributed by atoms with Gasteiger partial charge in [-0.1, -0.05) is 6.07 Å². The highest BCUT2D eigenvalue weighted by atomic mass is 127. The van der Waals surface area contributed by atoms with Crippen LogP contribution in [0.3, 0.4) is 0 Å². The highest BCUT2D eigenvalue weighted by molar-refractivity contribution is 14.1. The molecule has 0 bridgehead atoms. The van der Waals surface area contributed by atoms with E-state index in [9.17, 15) is 4.79 Å². The Kier molecular flexibility index (Phi) is 4.21. The molecule has 1 unspecified atom stereocenters. The van der Waals surface area contributed by atoms with E-state index in [1.807, 2.05) is 35.8 Å². The Balaban J connectivity index is 1.61. The zero-order chi connectivity index (χ0) is 13.9. The fourth-order valence-corrected chi connectivity index (χ4v) is 3.55. The van der Waals surface area contributed by atoms with E-state index in [-0.39, 0.29) is 11.9 Å². The Bertz CT molecular complexity index is 602. The lowest BCUT2D eigenvalue weighted by molar-refractivity contribution is 0.0940. The molecule has 0 aliphatic carbocycles. The lowest BCUT2D eigenvalue weighted by atomic mass is 10.2. The van der Waals surface area contributed by atoms with Crippen LogP contribution in [0.1, 0.15) is 16.8 Å². The van der Waals surface area contributed by atoms with Crippen molar-refractivity contribution in [3.8, 4) is 0 Å². The molecule has 0 spiro atoms. The molecular weight excluding hydrogens is 385 g/mol. The van der Waals surface area contributed by atoms with Crippen molar-refractivity contribution in [1.29, 1.82) is 0 Å². The number of nitrogens with zero attached hydrogens (tertiary/aromatic N) is 2. The Labute approximate surface area is 135 Å². The summed E-state index contributed by atoms with van der Waals surface area (Å²) in [5, 5.41) is 6.12. The van der Waals surface area contributed by atoms with Gasteiger partial charge in [-0.05, 0) is 47.2 Å². The minimum Gasteiger partial charge on any atom is -0.347 e. The summed E-state index contributed by atoms with van der Waals surface area (Å²) in [6.07, 6.45) is 2.78. The summed E-state index contributed by atoms with van der Waals surface area (Å²) in [5.41, 5.74) is 0.726. The first-order chi connectivity index (χ1) is 9.72. The SMILES string of the molecule is O=C(NC1CCN(c2nccs2)C1)c1cccc(I)c1. The van der Waals surface area contributed by atoms with Crippen molar-refractivity contribution in [2.24, 2.45) is 0 Å². The van der Waals surface area contributed by atoms with Crippen molar-refractivity contribution < 1.29 is 4.79 Å². The number of halogens is 1. The van der Waals surface area contributed by atoms with E-state index in [1.165, 1.54) is 0 Å². The first-order valence-electron chi connectivity index (χ1n) is 6.43. The zero-order valence-corrected chi connectivity index (χ0v) is 13.7.